The Labute approximate surface area is 150 Å². The van der Waals surface area contributed by atoms with Gasteiger partial charge in [0.2, 0.25) is 0 Å². The molecule has 0 unspecified atom stereocenters. The normalized spacial score (nSPS) is 15.8. The van der Waals surface area contributed by atoms with Crippen molar-refractivity contribution in [2.75, 3.05) is 26.2 Å². The van der Waals surface area contributed by atoms with Gasteiger partial charge in [-0.2, -0.15) is 0 Å². The van der Waals surface area contributed by atoms with E-state index in [0.717, 1.165) is 0 Å². The molecular weight excluding hydrogens is 344 g/mol. The Morgan fingerprint density at radius 1 is 1.08 bits per heavy atom. The molecule has 1 fully saturated rings. The van der Waals surface area contributed by atoms with Gasteiger partial charge >= 0.3 is 0 Å². The number of rotatable bonds is 4. The molecular formula is C18H19ClN2O4. The lowest BCUT2D eigenvalue weighted by Crippen LogP contribution is -2.53. The van der Waals surface area contributed by atoms with Gasteiger partial charge < -0.3 is 19.0 Å². The highest BCUT2D eigenvalue weighted by Gasteiger charge is 2.29. The van der Waals surface area contributed by atoms with Gasteiger partial charge in [-0.3, -0.25) is 9.59 Å². The highest BCUT2D eigenvalue weighted by molar-refractivity contribution is 6.32. The Kier molecular flexibility index (Phi) is 5.28. The Bertz CT molecular complexity index is 739. The average Bonchev–Trinajstić information content (AvgIpc) is 3.17. The third-order valence-corrected chi connectivity index (χ3v) is 4.41. The first-order valence-electron chi connectivity index (χ1n) is 8.09. The zero-order valence-corrected chi connectivity index (χ0v) is 14.6. The van der Waals surface area contributed by atoms with E-state index in [1.54, 1.807) is 53.1 Å². The van der Waals surface area contributed by atoms with Crippen LogP contribution in [0.15, 0.2) is 47.1 Å². The van der Waals surface area contributed by atoms with Crippen LogP contribution in [0.1, 0.15) is 17.5 Å². The number of amides is 2. The second-order valence-electron chi connectivity index (χ2n) is 5.79. The summed E-state index contributed by atoms with van der Waals surface area (Å²) in [6.45, 7) is 3.54. The van der Waals surface area contributed by atoms with Crippen LogP contribution in [0, 0.1) is 0 Å². The van der Waals surface area contributed by atoms with Crippen molar-refractivity contribution < 1.29 is 18.7 Å². The first-order chi connectivity index (χ1) is 12.1. The van der Waals surface area contributed by atoms with E-state index in [-0.39, 0.29) is 11.8 Å². The van der Waals surface area contributed by atoms with Gasteiger partial charge in [0.25, 0.3) is 11.8 Å². The van der Waals surface area contributed by atoms with E-state index in [1.807, 2.05) is 0 Å². The lowest BCUT2D eigenvalue weighted by Gasteiger charge is -2.35. The molecule has 1 aliphatic heterocycles. The van der Waals surface area contributed by atoms with Crippen molar-refractivity contribution in [2.45, 2.75) is 13.0 Å². The van der Waals surface area contributed by atoms with E-state index in [0.29, 0.717) is 42.7 Å². The molecule has 25 heavy (non-hydrogen) atoms. The van der Waals surface area contributed by atoms with Gasteiger partial charge in [0.15, 0.2) is 11.9 Å². The number of piperazine rings is 1. The van der Waals surface area contributed by atoms with E-state index in [4.69, 9.17) is 20.8 Å². The highest BCUT2D eigenvalue weighted by atomic mass is 35.5. The monoisotopic (exact) mass is 362 g/mol. The van der Waals surface area contributed by atoms with Gasteiger partial charge in [0, 0.05) is 26.2 Å². The van der Waals surface area contributed by atoms with E-state index >= 15 is 0 Å². The van der Waals surface area contributed by atoms with E-state index in [9.17, 15) is 9.59 Å². The van der Waals surface area contributed by atoms with Crippen LogP contribution < -0.4 is 4.74 Å². The number of furan rings is 1. The summed E-state index contributed by atoms with van der Waals surface area (Å²) < 4.78 is 10.8. The molecule has 0 radical (unpaired) electrons. The molecule has 2 amide bonds. The second-order valence-corrected chi connectivity index (χ2v) is 6.19. The lowest BCUT2D eigenvalue weighted by atomic mass is 10.2. The van der Waals surface area contributed by atoms with Crippen molar-refractivity contribution in [3.05, 3.63) is 53.4 Å². The maximum absolute atomic E-state index is 12.6. The smallest absolute Gasteiger partial charge is 0.289 e. The summed E-state index contributed by atoms with van der Waals surface area (Å²) >= 11 is 6.06. The van der Waals surface area contributed by atoms with Gasteiger partial charge in [-0.15, -0.1) is 0 Å². The van der Waals surface area contributed by atoms with Gasteiger partial charge in [-0.05, 0) is 31.2 Å². The molecule has 2 heterocycles. The number of ether oxygens (including phenoxy) is 1. The summed E-state index contributed by atoms with van der Waals surface area (Å²) in [6.07, 6.45) is 0.827. The fourth-order valence-electron chi connectivity index (χ4n) is 2.72. The van der Waals surface area contributed by atoms with Crippen LogP contribution in [0.25, 0.3) is 0 Å². The first-order valence-corrected chi connectivity index (χ1v) is 8.47. The summed E-state index contributed by atoms with van der Waals surface area (Å²) in [6, 6.07) is 10.4. The predicted molar refractivity (Wildman–Crippen MR) is 92.7 cm³/mol. The molecule has 1 atom stereocenters. The third-order valence-electron chi connectivity index (χ3n) is 4.10. The van der Waals surface area contributed by atoms with E-state index in [1.165, 1.54) is 6.26 Å². The molecule has 1 aromatic heterocycles. The Morgan fingerprint density at radius 3 is 2.40 bits per heavy atom. The summed E-state index contributed by atoms with van der Waals surface area (Å²) in [5.41, 5.74) is 0. The molecule has 1 aliphatic rings. The van der Waals surface area contributed by atoms with Crippen molar-refractivity contribution in [1.29, 1.82) is 0 Å². The van der Waals surface area contributed by atoms with Crippen LogP contribution in [0.5, 0.6) is 5.75 Å². The average molecular weight is 363 g/mol. The predicted octanol–water partition coefficient (Wildman–Crippen LogP) is 2.68. The van der Waals surface area contributed by atoms with Crippen molar-refractivity contribution in [3.63, 3.8) is 0 Å². The van der Waals surface area contributed by atoms with Crippen LogP contribution in [-0.4, -0.2) is 53.9 Å². The number of hydrogen-bond donors (Lipinski definition) is 0. The van der Waals surface area contributed by atoms with E-state index < -0.39 is 6.10 Å². The zero-order chi connectivity index (χ0) is 17.8. The Balaban J connectivity index is 1.54. The molecule has 132 valence electrons. The fraction of sp³-hybridized carbons (Fsp3) is 0.333. The van der Waals surface area contributed by atoms with Crippen LogP contribution in [-0.2, 0) is 4.79 Å². The number of halogens is 1. The number of carbonyl (C=O) groups excluding carboxylic acids is 2. The Hall–Kier alpha value is -2.47. The van der Waals surface area contributed by atoms with Gasteiger partial charge in [0.05, 0.1) is 11.3 Å². The van der Waals surface area contributed by atoms with Crippen molar-refractivity contribution in [3.8, 4) is 5.75 Å². The third kappa shape index (κ3) is 3.96. The summed E-state index contributed by atoms with van der Waals surface area (Å²) in [4.78, 5) is 28.2. The summed E-state index contributed by atoms with van der Waals surface area (Å²) in [5, 5.41) is 0.469. The minimum absolute atomic E-state index is 0.120. The van der Waals surface area contributed by atoms with Crippen LogP contribution in [0.2, 0.25) is 5.02 Å². The second kappa shape index (κ2) is 7.61. The molecule has 0 aliphatic carbocycles. The largest absolute Gasteiger partial charge is 0.479 e. The SMILES string of the molecule is C[C@@H](Oc1ccccc1Cl)C(=O)N1CCN(C(=O)c2ccco2)CC1. The Morgan fingerprint density at radius 2 is 1.76 bits per heavy atom. The maximum Gasteiger partial charge on any atom is 0.289 e. The maximum atomic E-state index is 12.6. The molecule has 1 aromatic carbocycles. The fourth-order valence-corrected chi connectivity index (χ4v) is 2.90. The standard InChI is InChI=1S/C18H19ClN2O4/c1-13(25-15-6-3-2-5-14(15)19)17(22)20-8-10-21(11-9-20)18(23)16-7-4-12-24-16/h2-7,12-13H,8-11H2,1H3/t13-/m1/s1. The van der Waals surface area contributed by atoms with Crippen LogP contribution in [0.3, 0.4) is 0 Å². The molecule has 0 saturated carbocycles. The molecule has 0 spiro atoms. The number of nitrogens with zero attached hydrogens (tertiary/aromatic N) is 2. The lowest BCUT2D eigenvalue weighted by molar-refractivity contribution is -0.139. The van der Waals surface area contributed by atoms with Crippen molar-refractivity contribution in [1.82, 2.24) is 9.80 Å². The first kappa shape index (κ1) is 17.4. The summed E-state index contributed by atoms with van der Waals surface area (Å²) in [7, 11) is 0. The van der Waals surface area contributed by atoms with Crippen LogP contribution >= 0.6 is 11.6 Å². The van der Waals surface area contributed by atoms with Gasteiger partial charge in [-0.1, -0.05) is 23.7 Å². The molecule has 0 N–H and O–H groups in total. The topological polar surface area (TPSA) is 63.0 Å². The van der Waals surface area contributed by atoms with Gasteiger partial charge in [-0.25, -0.2) is 0 Å². The number of benzene rings is 1. The molecule has 3 rings (SSSR count). The summed E-state index contributed by atoms with van der Waals surface area (Å²) in [5.74, 6) is 0.523. The quantitative estimate of drug-likeness (QED) is 0.839. The number of carbonyl (C=O) groups is 2. The minimum atomic E-state index is -0.646. The molecule has 6 nitrogen and oxygen atoms in total. The molecule has 2 aromatic rings. The zero-order valence-electron chi connectivity index (χ0n) is 13.9. The van der Waals surface area contributed by atoms with Crippen molar-refractivity contribution >= 4 is 23.4 Å². The number of para-hydroxylation sites is 1. The number of hydrogen-bond acceptors (Lipinski definition) is 4. The molecule has 0 bridgehead atoms. The van der Waals surface area contributed by atoms with E-state index in [2.05, 4.69) is 0 Å². The highest BCUT2D eigenvalue weighted by Crippen LogP contribution is 2.24. The molecule has 1 saturated heterocycles. The van der Waals surface area contributed by atoms with Crippen molar-refractivity contribution in [2.24, 2.45) is 0 Å². The molecule has 7 heteroatoms. The van der Waals surface area contributed by atoms with Gasteiger partial charge in [0.1, 0.15) is 5.75 Å². The van der Waals surface area contributed by atoms with Crippen LogP contribution in [0.4, 0.5) is 0 Å². The minimum Gasteiger partial charge on any atom is -0.479 e.